The van der Waals surface area contributed by atoms with Gasteiger partial charge in [0.2, 0.25) is 0 Å². The van der Waals surface area contributed by atoms with Crippen molar-refractivity contribution in [1.29, 1.82) is 0 Å². The van der Waals surface area contributed by atoms with E-state index in [0.29, 0.717) is 16.9 Å². The molecule has 0 saturated heterocycles. The fraction of sp³-hybridized carbons (Fsp3) is 0.133. The Balaban J connectivity index is 2.38. The molecule has 2 aromatic rings. The van der Waals surface area contributed by atoms with E-state index in [-0.39, 0.29) is 5.56 Å². The summed E-state index contributed by atoms with van der Waals surface area (Å²) in [4.78, 5) is 12.0. The van der Waals surface area contributed by atoms with E-state index in [1.165, 1.54) is 12.1 Å². The summed E-state index contributed by atoms with van der Waals surface area (Å²) < 4.78 is 26.7. The van der Waals surface area contributed by atoms with Crippen LogP contribution in [0.4, 0.5) is 20.2 Å². The van der Waals surface area contributed by atoms with Gasteiger partial charge in [-0.15, -0.1) is 0 Å². The van der Waals surface area contributed by atoms with E-state index >= 15 is 0 Å². The molecule has 0 aromatic heterocycles. The molecule has 0 radical (unpaired) electrons. The summed E-state index contributed by atoms with van der Waals surface area (Å²) in [6.45, 7) is 3.55. The minimum absolute atomic E-state index is 0.341. The maximum Gasteiger partial charge on any atom is 0.258 e. The SMILES string of the molecule is Cc1ccc(N)c(C)c1NC(=O)c1cccc(F)c1F. The standard InChI is InChI=1S/C15H14F2N2O/c1-8-6-7-12(18)9(2)14(8)19-15(20)10-4-3-5-11(16)13(10)17/h3-7H,18H2,1-2H3,(H,19,20). The van der Waals surface area contributed by atoms with Crippen molar-refractivity contribution in [2.45, 2.75) is 13.8 Å². The van der Waals surface area contributed by atoms with Crippen molar-refractivity contribution in [2.75, 3.05) is 11.1 Å². The van der Waals surface area contributed by atoms with Crippen LogP contribution in [0, 0.1) is 25.5 Å². The first-order chi connectivity index (χ1) is 9.41. The van der Waals surface area contributed by atoms with Gasteiger partial charge in [0.1, 0.15) is 0 Å². The molecule has 0 aliphatic rings. The third kappa shape index (κ3) is 2.47. The normalized spacial score (nSPS) is 10.4. The molecule has 1 amide bonds. The molecular weight excluding hydrogens is 262 g/mol. The summed E-state index contributed by atoms with van der Waals surface area (Å²) in [6, 6.07) is 6.95. The number of amides is 1. The van der Waals surface area contributed by atoms with E-state index in [1.54, 1.807) is 26.0 Å². The maximum atomic E-state index is 13.6. The molecule has 0 fully saturated rings. The number of hydrogen-bond acceptors (Lipinski definition) is 2. The minimum atomic E-state index is -1.16. The average Bonchev–Trinajstić information content (AvgIpc) is 2.42. The fourth-order valence-corrected chi connectivity index (χ4v) is 1.92. The van der Waals surface area contributed by atoms with Gasteiger partial charge in [-0.2, -0.15) is 0 Å². The second kappa shape index (κ2) is 5.28. The van der Waals surface area contributed by atoms with Crippen molar-refractivity contribution in [1.82, 2.24) is 0 Å². The third-order valence-corrected chi connectivity index (χ3v) is 3.15. The van der Waals surface area contributed by atoms with E-state index in [2.05, 4.69) is 5.32 Å². The molecule has 0 aliphatic carbocycles. The average molecular weight is 276 g/mol. The van der Waals surface area contributed by atoms with Crippen LogP contribution in [-0.4, -0.2) is 5.91 Å². The number of nitrogens with one attached hydrogen (secondary N) is 1. The number of aryl methyl sites for hydroxylation is 1. The van der Waals surface area contributed by atoms with Crippen molar-refractivity contribution in [3.8, 4) is 0 Å². The zero-order valence-electron chi connectivity index (χ0n) is 11.1. The lowest BCUT2D eigenvalue weighted by molar-refractivity contribution is 0.102. The number of rotatable bonds is 2. The van der Waals surface area contributed by atoms with Gasteiger partial charge in [0.15, 0.2) is 11.6 Å². The quantitative estimate of drug-likeness (QED) is 0.826. The molecule has 0 aliphatic heterocycles. The van der Waals surface area contributed by atoms with Crippen LogP contribution in [0.2, 0.25) is 0 Å². The Bertz CT molecular complexity index is 684. The Morgan fingerprint density at radius 1 is 1.15 bits per heavy atom. The Hall–Kier alpha value is -2.43. The molecule has 0 heterocycles. The lowest BCUT2D eigenvalue weighted by Crippen LogP contribution is -2.16. The van der Waals surface area contributed by atoms with Gasteiger partial charge < -0.3 is 11.1 Å². The molecular formula is C15H14F2N2O. The van der Waals surface area contributed by atoms with Crippen LogP contribution >= 0.6 is 0 Å². The molecule has 104 valence electrons. The Morgan fingerprint density at radius 3 is 2.55 bits per heavy atom. The number of hydrogen-bond donors (Lipinski definition) is 2. The van der Waals surface area contributed by atoms with Crippen LogP contribution in [0.3, 0.4) is 0 Å². The van der Waals surface area contributed by atoms with E-state index < -0.39 is 17.5 Å². The summed E-state index contributed by atoms with van der Waals surface area (Å²) in [5.41, 5.74) is 7.95. The Kier molecular flexibility index (Phi) is 3.70. The molecule has 0 atom stereocenters. The van der Waals surface area contributed by atoms with Gasteiger partial charge >= 0.3 is 0 Å². The number of nitrogens with two attached hydrogens (primary N) is 1. The van der Waals surface area contributed by atoms with Gasteiger partial charge in [0.25, 0.3) is 5.91 Å². The van der Waals surface area contributed by atoms with Crippen LogP contribution in [0.1, 0.15) is 21.5 Å². The first-order valence-electron chi connectivity index (χ1n) is 6.03. The second-order valence-corrected chi connectivity index (χ2v) is 4.53. The van der Waals surface area contributed by atoms with Crippen molar-refractivity contribution in [3.05, 3.63) is 58.7 Å². The summed E-state index contributed by atoms with van der Waals surface area (Å²) in [6.07, 6.45) is 0. The monoisotopic (exact) mass is 276 g/mol. The molecule has 3 N–H and O–H groups in total. The summed E-state index contributed by atoms with van der Waals surface area (Å²) in [7, 11) is 0. The molecule has 3 nitrogen and oxygen atoms in total. The topological polar surface area (TPSA) is 55.1 Å². The first-order valence-corrected chi connectivity index (χ1v) is 6.03. The Morgan fingerprint density at radius 2 is 1.85 bits per heavy atom. The number of anilines is 2. The van der Waals surface area contributed by atoms with Crippen LogP contribution in [0.25, 0.3) is 0 Å². The molecule has 0 unspecified atom stereocenters. The number of halogens is 2. The molecule has 2 rings (SSSR count). The lowest BCUT2D eigenvalue weighted by atomic mass is 10.1. The van der Waals surface area contributed by atoms with Crippen molar-refractivity contribution >= 4 is 17.3 Å². The van der Waals surface area contributed by atoms with Gasteiger partial charge in [0, 0.05) is 11.4 Å². The zero-order valence-corrected chi connectivity index (χ0v) is 11.1. The fourth-order valence-electron chi connectivity index (χ4n) is 1.92. The van der Waals surface area contributed by atoms with Gasteiger partial charge in [0.05, 0.1) is 5.56 Å². The lowest BCUT2D eigenvalue weighted by Gasteiger charge is -2.13. The maximum absolute atomic E-state index is 13.6. The van der Waals surface area contributed by atoms with Gasteiger partial charge in [-0.25, -0.2) is 8.78 Å². The highest BCUT2D eigenvalue weighted by molar-refractivity contribution is 6.05. The smallest absolute Gasteiger partial charge is 0.258 e. The number of benzene rings is 2. The highest BCUT2D eigenvalue weighted by Gasteiger charge is 2.17. The van der Waals surface area contributed by atoms with Crippen LogP contribution in [-0.2, 0) is 0 Å². The van der Waals surface area contributed by atoms with Gasteiger partial charge in [-0.3, -0.25) is 4.79 Å². The predicted molar refractivity (Wildman–Crippen MR) is 74.6 cm³/mol. The molecule has 5 heteroatoms. The van der Waals surface area contributed by atoms with Crippen molar-refractivity contribution in [3.63, 3.8) is 0 Å². The second-order valence-electron chi connectivity index (χ2n) is 4.53. The summed E-state index contributed by atoms with van der Waals surface area (Å²) in [5.74, 6) is -2.93. The molecule has 0 bridgehead atoms. The van der Waals surface area contributed by atoms with Crippen molar-refractivity contribution < 1.29 is 13.6 Å². The van der Waals surface area contributed by atoms with E-state index in [1.807, 2.05) is 0 Å². The molecule has 0 spiro atoms. The number of carbonyl (C=O) groups excluding carboxylic acids is 1. The zero-order chi connectivity index (χ0) is 14.9. The molecule has 20 heavy (non-hydrogen) atoms. The Labute approximate surface area is 115 Å². The van der Waals surface area contributed by atoms with Crippen LogP contribution in [0.15, 0.2) is 30.3 Å². The van der Waals surface area contributed by atoms with E-state index in [4.69, 9.17) is 5.73 Å². The van der Waals surface area contributed by atoms with Crippen molar-refractivity contribution in [2.24, 2.45) is 0 Å². The first kappa shape index (κ1) is 14.0. The molecule has 0 saturated carbocycles. The van der Waals surface area contributed by atoms with Gasteiger partial charge in [-0.05, 0) is 43.2 Å². The van der Waals surface area contributed by atoms with Crippen LogP contribution < -0.4 is 11.1 Å². The van der Waals surface area contributed by atoms with Crippen LogP contribution in [0.5, 0.6) is 0 Å². The minimum Gasteiger partial charge on any atom is -0.398 e. The van der Waals surface area contributed by atoms with E-state index in [9.17, 15) is 13.6 Å². The highest BCUT2D eigenvalue weighted by Crippen LogP contribution is 2.26. The highest BCUT2D eigenvalue weighted by atomic mass is 19.2. The summed E-state index contributed by atoms with van der Waals surface area (Å²) in [5, 5.41) is 2.58. The van der Waals surface area contributed by atoms with Gasteiger partial charge in [-0.1, -0.05) is 12.1 Å². The van der Waals surface area contributed by atoms with E-state index in [0.717, 1.165) is 11.6 Å². The third-order valence-electron chi connectivity index (χ3n) is 3.15. The number of carbonyl (C=O) groups is 1. The predicted octanol–water partition coefficient (Wildman–Crippen LogP) is 3.42. The summed E-state index contributed by atoms with van der Waals surface area (Å²) >= 11 is 0. The number of nitrogen functional groups attached to an aromatic ring is 1. The largest absolute Gasteiger partial charge is 0.398 e. The molecule has 2 aromatic carbocycles.